The lowest BCUT2D eigenvalue weighted by atomic mass is 9.87. The fourth-order valence-corrected chi connectivity index (χ4v) is 5.52. The van der Waals surface area contributed by atoms with E-state index in [0.29, 0.717) is 11.5 Å². The van der Waals surface area contributed by atoms with E-state index in [4.69, 9.17) is 4.74 Å². The SMILES string of the molecule is COC1=C(n2c(=O)ccc3cc(S(=O)(=O)Oc4c(F)c(F)c(F)c(F)c4F)ccc32)C(C)C(C)C(Br)=C1. The van der Waals surface area contributed by atoms with Crippen LogP contribution in [0.2, 0.25) is 0 Å². The second-order valence-electron chi connectivity index (χ2n) is 8.22. The van der Waals surface area contributed by atoms with Gasteiger partial charge in [-0.15, -0.1) is 0 Å². The monoisotopic (exact) mass is 605 g/mol. The summed E-state index contributed by atoms with van der Waals surface area (Å²) < 4.78 is 106. The van der Waals surface area contributed by atoms with Crippen LogP contribution in [0.5, 0.6) is 5.75 Å². The van der Waals surface area contributed by atoms with Crippen LogP contribution in [0.4, 0.5) is 22.0 Å². The van der Waals surface area contributed by atoms with E-state index in [1.807, 2.05) is 13.8 Å². The number of aromatic nitrogens is 1. The first-order chi connectivity index (χ1) is 17.3. The molecule has 0 spiro atoms. The minimum Gasteiger partial charge on any atom is -0.495 e. The summed E-state index contributed by atoms with van der Waals surface area (Å²) in [5.74, 6) is -13.8. The van der Waals surface area contributed by atoms with Crippen LogP contribution in [0.25, 0.3) is 16.6 Å². The molecule has 0 amide bonds. The number of fused-ring (bicyclic) bond motifs is 1. The van der Waals surface area contributed by atoms with E-state index < -0.39 is 55.4 Å². The standard InChI is InChI=1S/C24H17BrF5NO5S/c1-10-11(2)23(16(35-3)9-14(10)25)31-15-6-5-13(8-12(15)4-7-17(31)32)37(33,34)36-24-21(29)19(27)18(26)20(28)22(24)30/h4-11H,1-3H3. The maximum atomic E-state index is 14.0. The highest BCUT2D eigenvalue weighted by Gasteiger charge is 2.32. The van der Waals surface area contributed by atoms with Crippen LogP contribution in [0.1, 0.15) is 13.8 Å². The predicted octanol–water partition coefficient (Wildman–Crippen LogP) is 5.84. The summed E-state index contributed by atoms with van der Waals surface area (Å²) in [7, 11) is -3.62. The summed E-state index contributed by atoms with van der Waals surface area (Å²) in [4.78, 5) is 12.3. The van der Waals surface area contributed by atoms with Crippen LogP contribution in [0.15, 0.2) is 56.3 Å². The number of halogens is 6. The molecule has 2 unspecified atom stereocenters. The Kier molecular flexibility index (Phi) is 6.97. The highest BCUT2D eigenvalue weighted by Crippen LogP contribution is 2.40. The van der Waals surface area contributed by atoms with Gasteiger partial charge in [-0.05, 0) is 36.3 Å². The van der Waals surface area contributed by atoms with Crippen molar-refractivity contribution in [2.45, 2.75) is 18.7 Å². The molecular formula is C24H17BrF5NO5S. The highest BCUT2D eigenvalue weighted by atomic mass is 79.9. The number of methoxy groups -OCH3 is 1. The van der Waals surface area contributed by atoms with Crippen LogP contribution in [-0.4, -0.2) is 20.1 Å². The van der Waals surface area contributed by atoms with Gasteiger partial charge in [-0.25, -0.2) is 13.2 Å². The minimum absolute atomic E-state index is 0.0228. The molecule has 196 valence electrons. The summed E-state index contributed by atoms with van der Waals surface area (Å²) in [6.07, 6.45) is 1.72. The van der Waals surface area contributed by atoms with Gasteiger partial charge in [0.2, 0.25) is 34.8 Å². The van der Waals surface area contributed by atoms with Crippen molar-refractivity contribution in [2.24, 2.45) is 11.8 Å². The van der Waals surface area contributed by atoms with Gasteiger partial charge in [0, 0.05) is 21.9 Å². The first-order valence-corrected chi connectivity index (χ1v) is 12.8. The van der Waals surface area contributed by atoms with E-state index in [2.05, 4.69) is 20.1 Å². The van der Waals surface area contributed by atoms with Crippen molar-refractivity contribution in [1.82, 2.24) is 4.57 Å². The predicted molar refractivity (Wildman–Crippen MR) is 128 cm³/mol. The molecule has 0 saturated carbocycles. The third-order valence-electron chi connectivity index (χ3n) is 6.12. The molecule has 37 heavy (non-hydrogen) atoms. The average Bonchev–Trinajstić information content (AvgIpc) is 2.87. The number of rotatable bonds is 5. The zero-order valence-electron chi connectivity index (χ0n) is 19.3. The Bertz CT molecular complexity index is 1650. The van der Waals surface area contributed by atoms with Crippen LogP contribution in [0.3, 0.4) is 0 Å². The van der Waals surface area contributed by atoms with Crippen molar-refractivity contribution in [1.29, 1.82) is 0 Å². The molecule has 3 aromatic rings. The number of benzene rings is 2. The third kappa shape index (κ3) is 4.43. The molecule has 0 radical (unpaired) electrons. The van der Waals surface area contributed by atoms with Crippen molar-refractivity contribution >= 4 is 42.6 Å². The van der Waals surface area contributed by atoms with Gasteiger partial charge in [-0.2, -0.15) is 17.2 Å². The lowest BCUT2D eigenvalue weighted by Crippen LogP contribution is -2.28. The Morgan fingerprint density at radius 2 is 1.49 bits per heavy atom. The van der Waals surface area contributed by atoms with E-state index in [9.17, 15) is 35.2 Å². The van der Waals surface area contributed by atoms with Gasteiger partial charge in [0.15, 0.2) is 0 Å². The van der Waals surface area contributed by atoms with Gasteiger partial charge in [0.05, 0.1) is 18.3 Å². The van der Waals surface area contributed by atoms with E-state index in [1.54, 1.807) is 6.08 Å². The van der Waals surface area contributed by atoms with Crippen molar-refractivity contribution in [2.75, 3.05) is 7.11 Å². The van der Waals surface area contributed by atoms with Gasteiger partial charge in [0.1, 0.15) is 10.7 Å². The van der Waals surface area contributed by atoms with Gasteiger partial charge in [0.25, 0.3) is 5.56 Å². The summed E-state index contributed by atoms with van der Waals surface area (Å²) in [6, 6.07) is 5.80. The molecule has 0 saturated heterocycles. The van der Waals surface area contributed by atoms with Crippen LogP contribution >= 0.6 is 15.9 Å². The number of hydrogen-bond donors (Lipinski definition) is 0. The molecule has 1 aromatic heterocycles. The molecular weight excluding hydrogens is 589 g/mol. The van der Waals surface area contributed by atoms with Crippen LogP contribution in [-0.2, 0) is 14.9 Å². The molecule has 0 bridgehead atoms. The van der Waals surface area contributed by atoms with Gasteiger partial charge in [-0.1, -0.05) is 29.8 Å². The maximum Gasteiger partial charge on any atom is 0.339 e. The van der Waals surface area contributed by atoms with Gasteiger partial charge < -0.3 is 8.92 Å². The van der Waals surface area contributed by atoms with Crippen LogP contribution < -0.4 is 9.74 Å². The van der Waals surface area contributed by atoms with Gasteiger partial charge >= 0.3 is 10.1 Å². The van der Waals surface area contributed by atoms with E-state index in [-0.39, 0.29) is 22.7 Å². The number of allylic oxidation sites excluding steroid dienone is 3. The highest BCUT2D eigenvalue weighted by molar-refractivity contribution is 9.11. The molecule has 13 heteroatoms. The quantitative estimate of drug-likeness (QED) is 0.158. The maximum absolute atomic E-state index is 14.0. The zero-order valence-corrected chi connectivity index (χ0v) is 21.7. The molecule has 0 fully saturated rings. The normalized spacial score (nSPS) is 18.2. The number of nitrogens with zero attached hydrogens (tertiary/aromatic N) is 1. The van der Waals surface area contributed by atoms with E-state index in [1.165, 1.54) is 29.9 Å². The minimum atomic E-state index is -5.06. The number of hydrogen-bond acceptors (Lipinski definition) is 5. The lowest BCUT2D eigenvalue weighted by molar-refractivity contribution is 0.297. The molecule has 1 heterocycles. The summed E-state index contributed by atoms with van der Waals surface area (Å²) in [5, 5.41) is 0.207. The Hall–Kier alpha value is -3.19. The fourth-order valence-electron chi connectivity index (χ4n) is 3.95. The first kappa shape index (κ1) is 26.9. The molecule has 4 rings (SSSR count). The Morgan fingerprint density at radius 1 is 0.892 bits per heavy atom. The zero-order chi connectivity index (χ0) is 27.4. The molecule has 6 nitrogen and oxygen atoms in total. The van der Waals surface area contributed by atoms with Crippen molar-refractivity contribution < 1.29 is 39.3 Å². The summed E-state index contributed by atoms with van der Waals surface area (Å²) >= 11 is 3.48. The van der Waals surface area contributed by atoms with Crippen molar-refractivity contribution in [3.8, 4) is 5.75 Å². The van der Waals surface area contributed by atoms with E-state index in [0.717, 1.165) is 16.6 Å². The van der Waals surface area contributed by atoms with Gasteiger partial charge in [-0.3, -0.25) is 9.36 Å². The summed E-state index contributed by atoms with van der Waals surface area (Å²) in [5.41, 5.74) is 0.357. The Balaban J connectivity index is 1.87. The number of ether oxygens (including phenoxy) is 1. The topological polar surface area (TPSA) is 74.6 Å². The molecule has 0 N–H and O–H groups in total. The Morgan fingerprint density at radius 3 is 2.08 bits per heavy atom. The fraction of sp³-hybridized carbons (Fsp3) is 0.208. The molecule has 1 aliphatic rings. The van der Waals surface area contributed by atoms with E-state index >= 15 is 0 Å². The molecule has 2 atom stereocenters. The molecule has 1 aliphatic carbocycles. The summed E-state index contributed by atoms with van der Waals surface area (Å²) in [6.45, 7) is 3.82. The Labute approximate surface area is 215 Å². The molecule has 2 aromatic carbocycles. The van der Waals surface area contributed by atoms with Crippen molar-refractivity contribution in [3.63, 3.8) is 0 Å². The second kappa shape index (κ2) is 9.60. The first-order valence-electron chi connectivity index (χ1n) is 10.6. The lowest BCUT2D eigenvalue weighted by Gasteiger charge is -2.30. The van der Waals surface area contributed by atoms with Crippen LogP contribution in [0, 0.1) is 40.9 Å². The largest absolute Gasteiger partial charge is 0.495 e. The average molecular weight is 606 g/mol. The number of pyridine rings is 1. The molecule has 0 aliphatic heterocycles. The second-order valence-corrected chi connectivity index (χ2v) is 10.7. The smallest absolute Gasteiger partial charge is 0.339 e. The third-order valence-corrected chi connectivity index (χ3v) is 8.28. The van der Waals surface area contributed by atoms with Crippen molar-refractivity contribution in [3.05, 3.63) is 86.1 Å².